The summed E-state index contributed by atoms with van der Waals surface area (Å²) in [4.78, 5) is 0. The number of aliphatic hydroxyl groups is 4. The topological polar surface area (TPSA) is 80.9 Å². The molecule has 1 unspecified atom stereocenters. The fraction of sp³-hybridized carbons (Fsp3) is 1.00. The molecule has 2 rings (SSSR count). The molecule has 2 aliphatic rings. The first-order valence-electron chi connectivity index (χ1n) is 7.08. The molecule has 4 nitrogen and oxygen atoms in total. The third kappa shape index (κ3) is 1.99. The Bertz CT molecular complexity index is 292. The second kappa shape index (κ2) is 5.08. The molecule has 18 heavy (non-hydrogen) atoms. The maximum Gasteiger partial charge on any atom is 0.0644 e. The first-order chi connectivity index (χ1) is 8.50. The molecule has 0 aliphatic heterocycles. The fourth-order valence-corrected chi connectivity index (χ4v) is 4.67. The monoisotopic (exact) mass is 258 g/mol. The standard InChI is InChI=1S/C14H26O4/c1-13-5-2-6-14(9-16,11(18)4-8-15)12(13)10(17)3-7-13/h10-12,15-18H,2-9H2,1H3/t10-,11+,12?,13-,14-/m1/s1. The predicted molar refractivity (Wildman–Crippen MR) is 67.9 cm³/mol. The SMILES string of the molecule is C[C@]12CCC[C@@](CO)([C@@H](O)CCO)C1[C@H](O)CC2. The molecule has 2 fully saturated rings. The second-order valence-electron chi connectivity index (χ2n) is 6.51. The van der Waals surface area contributed by atoms with Gasteiger partial charge in [-0.05, 0) is 37.5 Å². The van der Waals surface area contributed by atoms with Crippen molar-refractivity contribution in [2.45, 2.75) is 57.7 Å². The van der Waals surface area contributed by atoms with Gasteiger partial charge in [-0.2, -0.15) is 0 Å². The van der Waals surface area contributed by atoms with E-state index in [0.29, 0.717) is 0 Å². The Morgan fingerprint density at radius 3 is 2.56 bits per heavy atom. The molecule has 0 spiro atoms. The Balaban J connectivity index is 2.33. The fourth-order valence-electron chi connectivity index (χ4n) is 4.67. The molecule has 5 atom stereocenters. The summed E-state index contributed by atoms with van der Waals surface area (Å²) in [6.45, 7) is 1.98. The Hall–Kier alpha value is -0.160. The van der Waals surface area contributed by atoms with Gasteiger partial charge in [0.1, 0.15) is 0 Å². The van der Waals surface area contributed by atoms with Gasteiger partial charge in [0, 0.05) is 17.9 Å². The van der Waals surface area contributed by atoms with Crippen LogP contribution in [0.15, 0.2) is 0 Å². The molecule has 0 amide bonds. The average Bonchev–Trinajstić information content (AvgIpc) is 2.66. The van der Waals surface area contributed by atoms with E-state index in [2.05, 4.69) is 6.92 Å². The van der Waals surface area contributed by atoms with Crippen molar-refractivity contribution in [3.05, 3.63) is 0 Å². The average molecular weight is 258 g/mol. The summed E-state index contributed by atoms with van der Waals surface area (Å²) in [7, 11) is 0. The molecule has 0 radical (unpaired) electrons. The molecule has 0 saturated heterocycles. The van der Waals surface area contributed by atoms with E-state index in [1.807, 2.05) is 0 Å². The van der Waals surface area contributed by atoms with Crippen LogP contribution in [0.4, 0.5) is 0 Å². The molecule has 2 saturated carbocycles. The van der Waals surface area contributed by atoms with Crippen molar-refractivity contribution in [2.24, 2.45) is 16.7 Å². The van der Waals surface area contributed by atoms with Crippen molar-refractivity contribution < 1.29 is 20.4 Å². The second-order valence-corrected chi connectivity index (χ2v) is 6.51. The van der Waals surface area contributed by atoms with E-state index in [-0.39, 0.29) is 31.0 Å². The molecule has 0 aromatic carbocycles. The maximum atomic E-state index is 10.4. The molecule has 4 heteroatoms. The Kier molecular flexibility index (Phi) is 4.02. The Labute approximate surface area is 109 Å². The van der Waals surface area contributed by atoms with Crippen molar-refractivity contribution in [3.63, 3.8) is 0 Å². The minimum Gasteiger partial charge on any atom is -0.396 e. The van der Waals surface area contributed by atoms with Gasteiger partial charge in [-0.1, -0.05) is 13.3 Å². The van der Waals surface area contributed by atoms with Crippen molar-refractivity contribution in [1.82, 2.24) is 0 Å². The number of fused-ring (bicyclic) bond motifs is 1. The van der Waals surface area contributed by atoms with Crippen molar-refractivity contribution in [3.8, 4) is 0 Å². The van der Waals surface area contributed by atoms with Crippen LogP contribution >= 0.6 is 0 Å². The van der Waals surface area contributed by atoms with Gasteiger partial charge in [0.2, 0.25) is 0 Å². The molecule has 0 heterocycles. The lowest BCUT2D eigenvalue weighted by molar-refractivity contribution is -0.148. The van der Waals surface area contributed by atoms with Gasteiger partial charge in [0.25, 0.3) is 0 Å². The Morgan fingerprint density at radius 2 is 1.94 bits per heavy atom. The van der Waals surface area contributed by atoms with Crippen LogP contribution in [-0.2, 0) is 0 Å². The summed E-state index contributed by atoms with van der Waals surface area (Å²) in [5.41, 5.74) is -0.609. The van der Waals surface area contributed by atoms with Crippen molar-refractivity contribution in [2.75, 3.05) is 13.2 Å². The Morgan fingerprint density at radius 1 is 1.22 bits per heavy atom. The highest BCUT2D eigenvalue weighted by Crippen LogP contribution is 2.60. The van der Waals surface area contributed by atoms with Gasteiger partial charge < -0.3 is 20.4 Å². The highest BCUT2D eigenvalue weighted by molar-refractivity contribution is 5.08. The van der Waals surface area contributed by atoms with Crippen LogP contribution in [0.2, 0.25) is 0 Å². The molecule has 4 N–H and O–H groups in total. The van der Waals surface area contributed by atoms with Gasteiger partial charge in [-0.25, -0.2) is 0 Å². The van der Waals surface area contributed by atoms with Gasteiger partial charge >= 0.3 is 0 Å². The molecule has 0 bridgehead atoms. The number of aliphatic hydroxyl groups excluding tert-OH is 4. The van der Waals surface area contributed by atoms with Crippen LogP contribution in [0.5, 0.6) is 0 Å². The smallest absolute Gasteiger partial charge is 0.0644 e. The van der Waals surface area contributed by atoms with Crippen molar-refractivity contribution in [1.29, 1.82) is 0 Å². The summed E-state index contributed by atoms with van der Waals surface area (Å²) in [6.07, 6.45) is 3.61. The summed E-state index contributed by atoms with van der Waals surface area (Å²) in [6, 6.07) is 0. The zero-order valence-corrected chi connectivity index (χ0v) is 11.2. The molecular formula is C14H26O4. The van der Waals surface area contributed by atoms with Crippen LogP contribution in [0.1, 0.15) is 45.4 Å². The number of hydrogen-bond acceptors (Lipinski definition) is 4. The summed E-state index contributed by atoms with van der Waals surface area (Å²) in [5.74, 6) is -0.0506. The lowest BCUT2D eigenvalue weighted by atomic mass is 9.54. The van der Waals surface area contributed by atoms with Crippen LogP contribution < -0.4 is 0 Å². The third-order valence-corrected chi connectivity index (χ3v) is 5.52. The molecular weight excluding hydrogens is 232 g/mol. The summed E-state index contributed by atoms with van der Waals surface area (Å²) in [5, 5.41) is 39.6. The predicted octanol–water partition coefficient (Wildman–Crippen LogP) is 0.670. The van der Waals surface area contributed by atoms with E-state index in [0.717, 1.165) is 32.1 Å². The lowest BCUT2D eigenvalue weighted by Gasteiger charge is -2.53. The number of rotatable bonds is 4. The minimum atomic E-state index is -0.732. The normalized spacial score (nSPS) is 45.8. The largest absolute Gasteiger partial charge is 0.396 e. The van der Waals surface area contributed by atoms with E-state index in [4.69, 9.17) is 5.11 Å². The maximum absolute atomic E-state index is 10.4. The van der Waals surface area contributed by atoms with Crippen LogP contribution in [0, 0.1) is 16.7 Å². The molecule has 2 aliphatic carbocycles. The molecule has 0 aromatic rings. The third-order valence-electron chi connectivity index (χ3n) is 5.52. The highest BCUT2D eigenvalue weighted by atomic mass is 16.3. The summed E-state index contributed by atoms with van der Waals surface area (Å²) >= 11 is 0. The van der Waals surface area contributed by atoms with Crippen molar-refractivity contribution >= 4 is 0 Å². The van der Waals surface area contributed by atoms with E-state index in [1.54, 1.807) is 0 Å². The first-order valence-corrected chi connectivity index (χ1v) is 7.08. The lowest BCUT2D eigenvalue weighted by Crippen LogP contribution is -2.55. The van der Waals surface area contributed by atoms with E-state index >= 15 is 0 Å². The van der Waals surface area contributed by atoms with Gasteiger partial charge in [-0.3, -0.25) is 0 Å². The van der Waals surface area contributed by atoms with Gasteiger partial charge in [0.05, 0.1) is 18.8 Å². The van der Waals surface area contributed by atoms with Crippen LogP contribution in [0.3, 0.4) is 0 Å². The first kappa shape index (κ1) is 14.3. The van der Waals surface area contributed by atoms with Gasteiger partial charge in [-0.15, -0.1) is 0 Å². The minimum absolute atomic E-state index is 0.0246. The van der Waals surface area contributed by atoms with Crippen LogP contribution in [-0.4, -0.2) is 45.8 Å². The quantitative estimate of drug-likeness (QED) is 0.597. The highest BCUT2D eigenvalue weighted by Gasteiger charge is 2.59. The van der Waals surface area contributed by atoms with E-state index in [1.165, 1.54) is 0 Å². The zero-order chi connectivity index (χ0) is 13.4. The van der Waals surface area contributed by atoms with Gasteiger partial charge in [0.15, 0.2) is 0 Å². The zero-order valence-electron chi connectivity index (χ0n) is 11.2. The van der Waals surface area contributed by atoms with Crippen LogP contribution in [0.25, 0.3) is 0 Å². The molecule has 0 aromatic heterocycles. The summed E-state index contributed by atoms with van der Waals surface area (Å²) < 4.78 is 0. The number of hydrogen-bond donors (Lipinski definition) is 4. The molecule has 106 valence electrons. The van der Waals surface area contributed by atoms with E-state index in [9.17, 15) is 15.3 Å². The van der Waals surface area contributed by atoms with E-state index < -0.39 is 17.6 Å².